The summed E-state index contributed by atoms with van der Waals surface area (Å²) in [5.74, 6) is 0. The summed E-state index contributed by atoms with van der Waals surface area (Å²) in [5.41, 5.74) is 4.32. The van der Waals surface area contributed by atoms with Gasteiger partial charge in [-0.2, -0.15) is 5.10 Å². The number of hydrogen-bond donors (Lipinski definition) is 1. The van der Waals surface area contributed by atoms with Crippen molar-refractivity contribution < 1.29 is 5.11 Å². The van der Waals surface area contributed by atoms with Crippen LogP contribution in [0.4, 0.5) is 0 Å². The monoisotopic (exact) mass is 230 g/mol. The van der Waals surface area contributed by atoms with Crippen molar-refractivity contribution in [3.63, 3.8) is 0 Å². The Hall–Kier alpha value is -1.61. The zero-order chi connectivity index (χ0) is 12.3. The maximum absolute atomic E-state index is 9.30. The van der Waals surface area contributed by atoms with Gasteiger partial charge in [-0.05, 0) is 25.5 Å². The molecule has 0 saturated heterocycles. The highest BCUT2D eigenvalue weighted by Gasteiger charge is 2.10. The van der Waals surface area contributed by atoms with Crippen LogP contribution in [0.5, 0.6) is 0 Å². The largest absolute Gasteiger partial charge is 0.392 e. The first-order valence-electron chi connectivity index (χ1n) is 6.00. The van der Waals surface area contributed by atoms with E-state index in [1.165, 1.54) is 5.56 Å². The molecular weight excluding hydrogens is 212 g/mol. The van der Waals surface area contributed by atoms with E-state index in [1.807, 2.05) is 4.68 Å². The minimum Gasteiger partial charge on any atom is -0.392 e. The predicted molar refractivity (Wildman–Crippen MR) is 68.2 cm³/mol. The third-order valence-corrected chi connectivity index (χ3v) is 2.89. The highest BCUT2D eigenvalue weighted by atomic mass is 16.3. The molecule has 1 aromatic heterocycles. The normalized spacial score (nSPS) is 10.8. The summed E-state index contributed by atoms with van der Waals surface area (Å²) >= 11 is 0. The topological polar surface area (TPSA) is 38.1 Å². The van der Waals surface area contributed by atoms with Gasteiger partial charge >= 0.3 is 0 Å². The Kier molecular flexibility index (Phi) is 3.59. The van der Waals surface area contributed by atoms with Gasteiger partial charge in [-0.25, -0.2) is 4.68 Å². The van der Waals surface area contributed by atoms with E-state index in [9.17, 15) is 5.11 Å². The third kappa shape index (κ3) is 2.39. The lowest BCUT2D eigenvalue weighted by atomic mass is 10.1. The van der Waals surface area contributed by atoms with E-state index in [2.05, 4.69) is 43.2 Å². The number of aromatic nitrogens is 2. The predicted octanol–water partition coefficient (Wildman–Crippen LogP) is 2.63. The molecule has 0 radical (unpaired) electrons. The number of rotatable bonds is 4. The lowest BCUT2D eigenvalue weighted by Crippen LogP contribution is -2.03. The highest BCUT2D eigenvalue weighted by molar-refractivity contribution is 5.37. The van der Waals surface area contributed by atoms with Gasteiger partial charge in [0.05, 0.1) is 18.5 Å². The quantitative estimate of drug-likeness (QED) is 0.876. The van der Waals surface area contributed by atoms with Gasteiger partial charge in [0.2, 0.25) is 0 Å². The first-order valence-corrected chi connectivity index (χ1v) is 6.00. The molecule has 2 rings (SSSR count). The smallest absolute Gasteiger partial charge is 0.0715 e. The zero-order valence-electron chi connectivity index (χ0n) is 10.3. The van der Waals surface area contributed by atoms with Crippen molar-refractivity contribution in [3.8, 4) is 5.69 Å². The number of hydrogen-bond acceptors (Lipinski definition) is 2. The number of nitrogens with zero attached hydrogens (tertiary/aromatic N) is 2. The van der Waals surface area contributed by atoms with Crippen molar-refractivity contribution in [1.29, 1.82) is 0 Å². The van der Waals surface area contributed by atoms with Gasteiger partial charge in [-0.15, -0.1) is 0 Å². The van der Waals surface area contributed by atoms with E-state index in [4.69, 9.17) is 0 Å². The summed E-state index contributed by atoms with van der Waals surface area (Å²) in [6, 6.07) is 8.27. The molecule has 1 heterocycles. The van der Waals surface area contributed by atoms with Gasteiger partial charge < -0.3 is 5.11 Å². The van der Waals surface area contributed by atoms with E-state index in [0.717, 1.165) is 29.8 Å². The van der Waals surface area contributed by atoms with Crippen molar-refractivity contribution in [2.75, 3.05) is 0 Å². The summed E-state index contributed by atoms with van der Waals surface area (Å²) in [6.07, 6.45) is 3.74. The maximum Gasteiger partial charge on any atom is 0.0715 e. The van der Waals surface area contributed by atoms with Crippen LogP contribution in [-0.4, -0.2) is 14.9 Å². The summed E-state index contributed by atoms with van der Waals surface area (Å²) < 4.78 is 1.93. The highest BCUT2D eigenvalue weighted by Crippen LogP contribution is 2.17. The molecule has 0 atom stereocenters. The minimum atomic E-state index is 0.0567. The molecule has 2 aromatic rings. The Morgan fingerprint density at radius 2 is 1.94 bits per heavy atom. The molecule has 0 aliphatic carbocycles. The molecule has 17 heavy (non-hydrogen) atoms. The molecule has 0 unspecified atom stereocenters. The van der Waals surface area contributed by atoms with Crippen molar-refractivity contribution in [3.05, 3.63) is 47.3 Å². The first kappa shape index (κ1) is 11.9. The van der Waals surface area contributed by atoms with Crippen molar-refractivity contribution in [1.82, 2.24) is 9.78 Å². The molecule has 1 aromatic carbocycles. The van der Waals surface area contributed by atoms with Crippen LogP contribution in [0.25, 0.3) is 5.69 Å². The van der Waals surface area contributed by atoms with Crippen LogP contribution in [0.2, 0.25) is 0 Å². The second kappa shape index (κ2) is 5.15. The standard InChI is InChI=1S/C14H18N2O/c1-3-4-14-12(10-17)9-15-16(14)13-7-5-11(2)6-8-13/h5-9,17H,3-4,10H2,1-2H3. The lowest BCUT2D eigenvalue weighted by molar-refractivity contribution is 0.280. The molecule has 0 spiro atoms. The van der Waals surface area contributed by atoms with Gasteiger partial charge in [0.15, 0.2) is 0 Å². The molecular formula is C14H18N2O. The van der Waals surface area contributed by atoms with Gasteiger partial charge in [-0.1, -0.05) is 31.0 Å². The fourth-order valence-electron chi connectivity index (χ4n) is 1.95. The SMILES string of the molecule is CCCc1c(CO)cnn1-c1ccc(C)cc1. The fourth-order valence-corrected chi connectivity index (χ4v) is 1.95. The van der Waals surface area contributed by atoms with Crippen LogP contribution in [0, 0.1) is 6.92 Å². The zero-order valence-corrected chi connectivity index (χ0v) is 10.3. The molecule has 0 amide bonds. The van der Waals surface area contributed by atoms with Crippen molar-refractivity contribution >= 4 is 0 Å². The number of aliphatic hydroxyl groups excluding tert-OH is 1. The minimum absolute atomic E-state index is 0.0567. The van der Waals surface area contributed by atoms with Crippen molar-refractivity contribution in [2.45, 2.75) is 33.3 Å². The molecule has 0 fully saturated rings. The average molecular weight is 230 g/mol. The number of aliphatic hydroxyl groups is 1. The number of aryl methyl sites for hydroxylation is 1. The second-order valence-electron chi connectivity index (χ2n) is 4.27. The van der Waals surface area contributed by atoms with Gasteiger partial charge in [-0.3, -0.25) is 0 Å². The van der Waals surface area contributed by atoms with E-state index >= 15 is 0 Å². The Bertz CT molecular complexity index is 485. The first-order chi connectivity index (χ1) is 8.26. The average Bonchev–Trinajstić information content (AvgIpc) is 2.74. The second-order valence-corrected chi connectivity index (χ2v) is 4.27. The summed E-state index contributed by atoms with van der Waals surface area (Å²) in [6.45, 7) is 4.26. The summed E-state index contributed by atoms with van der Waals surface area (Å²) in [7, 11) is 0. The molecule has 0 aliphatic heterocycles. The number of benzene rings is 1. The lowest BCUT2D eigenvalue weighted by Gasteiger charge is -2.08. The van der Waals surface area contributed by atoms with Crippen LogP contribution in [0.1, 0.15) is 30.2 Å². The molecule has 3 heteroatoms. The van der Waals surface area contributed by atoms with E-state index in [1.54, 1.807) is 6.20 Å². The maximum atomic E-state index is 9.30. The van der Waals surface area contributed by atoms with E-state index in [-0.39, 0.29) is 6.61 Å². The molecule has 3 nitrogen and oxygen atoms in total. The fraction of sp³-hybridized carbons (Fsp3) is 0.357. The Morgan fingerprint density at radius 3 is 2.53 bits per heavy atom. The third-order valence-electron chi connectivity index (χ3n) is 2.89. The molecule has 0 bridgehead atoms. The van der Waals surface area contributed by atoms with E-state index < -0.39 is 0 Å². The van der Waals surface area contributed by atoms with Crippen LogP contribution in [-0.2, 0) is 13.0 Å². The summed E-state index contributed by atoms with van der Waals surface area (Å²) in [5, 5.41) is 13.7. The summed E-state index contributed by atoms with van der Waals surface area (Å²) in [4.78, 5) is 0. The Labute approximate surface area is 102 Å². The molecule has 1 N–H and O–H groups in total. The van der Waals surface area contributed by atoms with Crippen LogP contribution < -0.4 is 0 Å². The molecule has 90 valence electrons. The van der Waals surface area contributed by atoms with Crippen molar-refractivity contribution in [2.24, 2.45) is 0 Å². The van der Waals surface area contributed by atoms with Gasteiger partial charge in [0.1, 0.15) is 0 Å². The van der Waals surface area contributed by atoms with Gasteiger partial charge in [0, 0.05) is 11.3 Å². The van der Waals surface area contributed by atoms with Crippen LogP contribution in [0.15, 0.2) is 30.5 Å². The Morgan fingerprint density at radius 1 is 1.24 bits per heavy atom. The van der Waals surface area contributed by atoms with Gasteiger partial charge in [0.25, 0.3) is 0 Å². The Balaban J connectivity index is 2.43. The van der Waals surface area contributed by atoms with Crippen LogP contribution >= 0.6 is 0 Å². The molecule has 0 saturated carbocycles. The molecule has 0 aliphatic rings. The van der Waals surface area contributed by atoms with E-state index in [0.29, 0.717) is 0 Å². The van der Waals surface area contributed by atoms with Crippen LogP contribution in [0.3, 0.4) is 0 Å².